The van der Waals surface area contributed by atoms with Crippen LogP contribution in [0.3, 0.4) is 0 Å². The molecule has 19 heavy (non-hydrogen) atoms. The Morgan fingerprint density at radius 1 is 1.63 bits per heavy atom. The van der Waals surface area contributed by atoms with Crippen molar-refractivity contribution in [2.24, 2.45) is 0 Å². The zero-order chi connectivity index (χ0) is 13.7. The number of amides is 2. The summed E-state index contributed by atoms with van der Waals surface area (Å²) in [5.41, 5.74) is 0.977. The predicted molar refractivity (Wildman–Crippen MR) is 68.7 cm³/mol. The Labute approximate surface area is 112 Å². The Balaban J connectivity index is 1.72. The molecule has 2 amide bonds. The predicted octanol–water partition coefficient (Wildman–Crippen LogP) is 0.275. The number of nitrogens with zero attached hydrogens (tertiary/aromatic N) is 2. The highest BCUT2D eigenvalue weighted by atomic mass is 16.6. The monoisotopic (exact) mass is 268 g/mol. The molecule has 0 unspecified atom stereocenters. The molecule has 1 aromatic rings. The van der Waals surface area contributed by atoms with E-state index < -0.39 is 0 Å². The molecule has 2 rings (SSSR count). The third-order valence-electron chi connectivity index (χ3n) is 2.87. The fraction of sp³-hybridized carbons (Fsp3) is 0.667. The van der Waals surface area contributed by atoms with Gasteiger partial charge in [-0.25, -0.2) is 9.78 Å². The molecule has 0 spiro atoms. The molecule has 1 fully saturated rings. The van der Waals surface area contributed by atoms with Crippen molar-refractivity contribution in [1.82, 2.24) is 20.2 Å². The van der Waals surface area contributed by atoms with E-state index in [0.717, 1.165) is 11.5 Å². The number of nitrogens with one attached hydrogen (secondary N) is 2. The van der Waals surface area contributed by atoms with Gasteiger partial charge in [-0.05, 0) is 6.92 Å². The quantitative estimate of drug-likeness (QED) is 0.821. The van der Waals surface area contributed by atoms with E-state index in [1.807, 2.05) is 6.92 Å². The molecule has 2 N–H and O–H groups in total. The molecule has 7 nitrogen and oxygen atoms in total. The van der Waals surface area contributed by atoms with E-state index in [2.05, 4.69) is 15.3 Å². The van der Waals surface area contributed by atoms with E-state index in [-0.39, 0.29) is 12.1 Å². The summed E-state index contributed by atoms with van der Waals surface area (Å²) < 4.78 is 10.8. The van der Waals surface area contributed by atoms with Gasteiger partial charge < -0.3 is 24.7 Å². The second-order valence-corrected chi connectivity index (χ2v) is 4.62. The average Bonchev–Trinajstić information content (AvgIpc) is 2.83. The number of likely N-dealkylation sites (N-methyl/N-ethyl adjacent to an activating group) is 1. The normalized spacial score (nSPS) is 19.2. The lowest BCUT2D eigenvalue weighted by molar-refractivity contribution is -0.0928. The third-order valence-corrected chi connectivity index (χ3v) is 2.87. The lowest BCUT2D eigenvalue weighted by Crippen LogP contribution is -2.44. The van der Waals surface area contributed by atoms with Gasteiger partial charge in [0.1, 0.15) is 5.82 Å². The zero-order valence-electron chi connectivity index (χ0n) is 11.3. The van der Waals surface area contributed by atoms with Gasteiger partial charge in [-0.15, -0.1) is 0 Å². The Kier molecular flexibility index (Phi) is 4.75. The molecule has 0 bridgehead atoms. The van der Waals surface area contributed by atoms with Crippen molar-refractivity contribution >= 4 is 6.03 Å². The SMILES string of the molecule is Cc1cnc(CNC(=O)N(C)C[C@H]2COCCO2)[nH]1. The maximum Gasteiger partial charge on any atom is 0.317 e. The number of ether oxygens (including phenoxy) is 2. The maximum absolute atomic E-state index is 11.9. The molecule has 0 saturated carbocycles. The topological polar surface area (TPSA) is 79.5 Å². The van der Waals surface area contributed by atoms with Crippen LogP contribution in [0.4, 0.5) is 4.79 Å². The third kappa shape index (κ3) is 4.22. The van der Waals surface area contributed by atoms with Crippen LogP contribution >= 0.6 is 0 Å². The Morgan fingerprint density at radius 2 is 2.47 bits per heavy atom. The molecule has 1 atom stereocenters. The summed E-state index contributed by atoms with van der Waals surface area (Å²) in [7, 11) is 1.74. The van der Waals surface area contributed by atoms with Crippen LogP contribution in [0, 0.1) is 6.92 Å². The Bertz CT molecular complexity index is 415. The largest absolute Gasteiger partial charge is 0.376 e. The fourth-order valence-electron chi connectivity index (χ4n) is 1.88. The number of aromatic nitrogens is 2. The lowest BCUT2D eigenvalue weighted by Gasteiger charge is -2.27. The highest BCUT2D eigenvalue weighted by Gasteiger charge is 2.19. The molecule has 0 aliphatic carbocycles. The molecule has 1 saturated heterocycles. The first kappa shape index (κ1) is 13.8. The Morgan fingerprint density at radius 3 is 3.11 bits per heavy atom. The number of hydrogen-bond acceptors (Lipinski definition) is 4. The first-order valence-electron chi connectivity index (χ1n) is 6.34. The van der Waals surface area contributed by atoms with Gasteiger partial charge in [-0.1, -0.05) is 0 Å². The number of carbonyl (C=O) groups is 1. The standard InChI is InChI=1S/C12H20N4O3/c1-9-5-13-11(15-9)6-14-12(17)16(2)7-10-8-18-3-4-19-10/h5,10H,3-4,6-8H2,1-2H3,(H,13,15)(H,14,17)/t10-/m0/s1. The summed E-state index contributed by atoms with van der Waals surface area (Å²) in [5, 5.41) is 2.80. The first-order valence-corrected chi connectivity index (χ1v) is 6.34. The van der Waals surface area contributed by atoms with Gasteiger partial charge in [-0.3, -0.25) is 0 Å². The zero-order valence-corrected chi connectivity index (χ0v) is 11.3. The van der Waals surface area contributed by atoms with Crippen LogP contribution in [0.15, 0.2) is 6.20 Å². The lowest BCUT2D eigenvalue weighted by atomic mass is 10.3. The number of rotatable bonds is 4. The summed E-state index contributed by atoms with van der Waals surface area (Å²) in [6.45, 7) is 4.58. The van der Waals surface area contributed by atoms with Gasteiger partial charge >= 0.3 is 6.03 Å². The molecule has 0 radical (unpaired) electrons. The summed E-state index contributed by atoms with van der Waals surface area (Å²) in [4.78, 5) is 20.7. The number of aromatic amines is 1. The summed E-state index contributed by atoms with van der Waals surface area (Å²) >= 11 is 0. The highest BCUT2D eigenvalue weighted by Crippen LogP contribution is 2.03. The highest BCUT2D eigenvalue weighted by molar-refractivity contribution is 5.73. The minimum atomic E-state index is -0.150. The fourth-order valence-corrected chi connectivity index (χ4v) is 1.88. The van der Waals surface area contributed by atoms with Gasteiger partial charge in [0.2, 0.25) is 0 Å². The van der Waals surface area contributed by atoms with E-state index in [9.17, 15) is 4.79 Å². The molecule has 0 aromatic carbocycles. The van der Waals surface area contributed by atoms with Gasteiger partial charge in [0.05, 0.1) is 39.0 Å². The van der Waals surface area contributed by atoms with Crippen molar-refractivity contribution in [3.63, 3.8) is 0 Å². The summed E-state index contributed by atoms with van der Waals surface area (Å²) in [5.74, 6) is 0.747. The first-order chi connectivity index (χ1) is 9.15. The van der Waals surface area contributed by atoms with Crippen molar-refractivity contribution < 1.29 is 14.3 Å². The summed E-state index contributed by atoms with van der Waals surface area (Å²) in [6.07, 6.45) is 1.69. The molecule has 1 aliphatic heterocycles. The molecular formula is C12H20N4O3. The van der Waals surface area contributed by atoms with E-state index >= 15 is 0 Å². The van der Waals surface area contributed by atoms with Crippen LogP contribution in [-0.4, -0.2) is 60.4 Å². The van der Waals surface area contributed by atoms with Crippen LogP contribution in [0.2, 0.25) is 0 Å². The number of imidazole rings is 1. The molecule has 7 heteroatoms. The number of aryl methyl sites for hydroxylation is 1. The second-order valence-electron chi connectivity index (χ2n) is 4.62. The average molecular weight is 268 g/mol. The van der Waals surface area contributed by atoms with Crippen molar-refractivity contribution in [3.05, 3.63) is 17.7 Å². The van der Waals surface area contributed by atoms with Crippen molar-refractivity contribution in [1.29, 1.82) is 0 Å². The van der Waals surface area contributed by atoms with E-state index in [0.29, 0.717) is 32.9 Å². The van der Waals surface area contributed by atoms with Crippen molar-refractivity contribution in [2.45, 2.75) is 19.6 Å². The number of hydrogen-bond donors (Lipinski definition) is 2. The van der Waals surface area contributed by atoms with E-state index in [1.54, 1.807) is 18.1 Å². The smallest absolute Gasteiger partial charge is 0.317 e. The van der Waals surface area contributed by atoms with Gasteiger partial charge in [0.25, 0.3) is 0 Å². The van der Waals surface area contributed by atoms with Gasteiger partial charge in [-0.2, -0.15) is 0 Å². The molecule has 106 valence electrons. The van der Waals surface area contributed by atoms with Crippen molar-refractivity contribution in [3.8, 4) is 0 Å². The van der Waals surface area contributed by atoms with Gasteiger partial charge in [0, 0.05) is 18.9 Å². The Hall–Kier alpha value is -1.60. The van der Waals surface area contributed by atoms with E-state index in [4.69, 9.17) is 9.47 Å². The molecule has 1 aliphatic rings. The van der Waals surface area contributed by atoms with Crippen LogP contribution < -0.4 is 5.32 Å². The molecule has 1 aromatic heterocycles. The minimum Gasteiger partial charge on any atom is -0.376 e. The minimum absolute atomic E-state index is 0.0460. The molecule has 2 heterocycles. The molecular weight excluding hydrogens is 248 g/mol. The maximum atomic E-state index is 11.9. The van der Waals surface area contributed by atoms with Crippen LogP contribution in [0.5, 0.6) is 0 Å². The second kappa shape index (κ2) is 6.53. The van der Waals surface area contributed by atoms with Gasteiger partial charge in [0.15, 0.2) is 0 Å². The van der Waals surface area contributed by atoms with Crippen molar-refractivity contribution in [2.75, 3.05) is 33.4 Å². The van der Waals surface area contributed by atoms with Crippen LogP contribution in [-0.2, 0) is 16.0 Å². The van der Waals surface area contributed by atoms with E-state index in [1.165, 1.54) is 0 Å². The summed E-state index contributed by atoms with van der Waals surface area (Å²) in [6, 6.07) is -0.150. The number of urea groups is 1. The number of carbonyl (C=O) groups excluding carboxylic acids is 1. The van der Waals surface area contributed by atoms with Crippen LogP contribution in [0.25, 0.3) is 0 Å². The number of H-pyrrole nitrogens is 1. The van der Waals surface area contributed by atoms with Crippen LogP contribution in [0.1, 0.15) is 11.5 Å².